The normalized spacial score (nSPS) is 37.5. The first kappa shape index (κ1) is 24.8. The molecule has 202 valence electrons. The second kappa shape index (κ2) is 9.18. The molecule has 3 aliphatic heterocycles. The second-order valence-corrected chi connectivity index (χ2v) is 13.2. The number of fused-ring (bicyclic) bond motifs is 3. The van der Waals surface area contributed by atoms with Crippen molar-refractivity contribution in [2.75, 3.05) is 26.2 Å². The Morgan fingerprint density at radius 3 is 2.24 bits per heavy atom. The lowest BCUT2D eigenvalue weighted by atomic mass is 9.53. The molecule has 7 rings (SSSR count). The highest BCUT2D eigenvalue weighted by atomic mass is 16.6. The molecule has 3 heterocycles. The predicted octanol–water partition coefficient (Wildman–Crippen LogP) is 5.16. The first-order chi connectivity index (χ1) is 18.4. The van der Waals surface area contributed by atoms with Crippen LogP contribution in [0.25, 0.3) is 0 Å². The SMILES string of the molecule is C[C@]12CCC[C@]3(CO3)[C@H]1C[C@@H]1[C@H](CN3CCC(C(O)(c4ccccc4)c4ccccc4)CC3)C(=O)O[C@@H]1C2. The molecule has 5 heteroatoms. The van der Waals surface area contributed by atoms with E-state index in [4.69, 9.17) is 9.47 Å². The van der Waals surface area contributed by atoms with Gasteiger partial charge in [0.05, 0.1) is 18.1 Å². The highest BCUT2D eigenvalue weighted by Crippen LogP contribution is 2.63. The summed E-state index contributed by atoms with van der Waals surface area (Å²) in [5.74, 6) is 0.958. The van der Waals surface area contributed by atoms with Gasteiger partial charge in [0.15, 0.2) is 0 Å². The molecule has 0 amide bonds. The van der Waals surface area contributed by atoms with Gasteiger partial charge in [0.2, 0.25) is 0 Å². The minimum atomic E-state index is -1.01. The number of carbonyl (C=O) groups is 1. The molecule has 0 unspecified atom stereocenters. The van der Waals surface area contributed by atoms with Gasteiger partial charge in [-0.25, -0.2) is 0 Å². The Kier molecular flexibility index (Phi) is 5.99. The van der Waals surface area contributed by atoms with Gasteiger partial charge in [0, 0.05) is 12.5 Å². The molecule has 2 aromatic carbocycles. The highest BCUT2D eigenvalue weighted by Gasteiger charge is 2.65. The Balaban J connectivity index is 1.05. The zero-order valence-corrected chi connectivity index (χ0v) is 22.6. The zero-order valence-electron chi connectivity index (χ0n) is 22.6. The third-order valence-corrected chi connectivity index (χ3v) is 11.1. The molecular weight excluding hydrogens is 474 g/mol. The largest absolute Gasteiger partial charge is 0.462 e. The molecule has 0 bridgehead atoms. The summed E-state index contributed by atoms with van der Waals surface area (Å²) in [5.41, 5.74) is 1.23. The van der Waals surface area contributed by atoms with E-state index in [2.05, 4.69) is 11.8 Å². The number of hydrogen-bond donors (Lipinski definition) is 1. The number of benzene rings is 2. The van der Waals surface area contributed by atoms with Crippen molar-refractivity contribution in [3.05, 3.63) is 71.8 Å². The Hall–Kier alpha value is -2.21. The number of carbonyl (C=O) groups excluding carboxylic acids is 1. The maximum Gasteiger partial charge on any atom is 0.310 e. The number of aliphatic hydroxyl groups is 1. The molecule has 2 saturated carbocycles. The topological polar surface area (TPSA) is 62.3 Å². The summed E-state index contributed by atoms with van der Waals surface area (Å²) >= 11 is 0. The van der Waals surface area contributed by atoms with Crippen LogP contribution in [0.4, 0.5) is 0 Å². The molecule has 5 aliphatic rings. The maximum atomic E-state index is 13.2. The predicted molar refractivity (Wildman–Crippen MR) is 145 cm³/mol. The van der Waals surface area contributed by atoms with Crippen molar-refractivity contribution in [3.8, 4) is 0 Å². The van der Waals surface area contributed by atoms with E-state index in [9.17, 15) is 9.90 Å². The number of nitrogens with zero attached hydrogens (tertiary/aromatic N) is 1. The summed E-state index contributed by atoms with van der Waals surface area (Å²) in [5, 5.41) is 12.2. The van der Waals surface area contributed by atoms with E-state index in [1.807, 2.05) is 60.7 Å². The molecule has 1 N–H and O–H groups in total. The van der Waals surface area contributed by atoms with Crippen molar-refractivity contribution in [3.63, 3.8) is 0 Å². The van der Waals surface area contributed by atoms with Crippen LogP contribution in [0.1, 0.15) is 63.0 Å². The molecule has 0 radical (unpaired) electrons. The molecule has 0 aromatic heterocycles. The van der Waals surface area contributed by atoms with E-state index in [0.717, 1.165) is 63.1 Å². The second-order valence-electron chi connectivity index (χ2n) is 13.2. The summed E-state index contributed by atoms with van der Waals surface area (Å²) in [4.78, 5) is 15.6. The molecule has 5 nitrogen and oxygen atoms in total. The minimum Gasteiger partial charge on any atom is -0.462 e. The van der Waals surface area contributed by atoms with Crippen LogP contribution in [0.2, 0.25) is 0 Å². The molecule has 2 aromatic rings. The van der Waals surface area contributed by atoms with Crippen LogP contribution in [0.15, 0.2) is 60.7 Å². The zero-order chi connectivity index (χ0) is 26.0. The van der Waals surface area contributed by atoms with Crippen molar-refractivity contribution in [1.29, 1.82) is 0 Å². The smallest absolute Gasteiger partial charge is 0.310 e. The van der Waals surface area contributed by atoms with Gasteiger partial charge in [-0.05, 0) is 86.4 Å². The van der Waals surface area contributed by atoms with Crippen molar-refractivity contribution in [2.45, 2.75) is 69.2 Å². The lowest BCUT2D eigenvalue weighted by Gasteiger charge is -2.51. The Morgan fingerprint density at radius 1 is 1.00 bits per heavy atom. The number of epoxide rings is 1. The fraction of sp³-hybridized carbons (Fsp3) is 0.606. The Bertz CT molecular complexity index is 1120. The van der Waals surface area contributed by atoms with E-state index in [0.29, 0.717) is 11.8 Å². The molecule has 1 spiro atoms. The van der Waals surface area contributed by atoms with E-state index in [1.54, 1.807) is 0 Å². The van der Waals surface area contributed by atoms with Gasteiger partial charge in [0.1, 0.15) is 11.7 Å². The highest BCUT2D eigenvalue weighted by molar-refractivity contribution is 5.75. The van der Waals surface area contributed by atoms with Gasteiger partial charge in [0.25, 0.3) is 0 Å². The van der Waals surface area contributed by atoms with Crippen molar-refractivity contribution in [2.24, 2.45) is 29.1 Å². The number of likely N-dealkylation sites (tertiary alicyclic amines) is 1. The first-order valence-corrected chi connectivity index (χ1v) is 14.8. The quantitative estimate of drug-likeness (QED) is 0.440. The van der Waals surface area contributed by atoms with Crippen LogP contribution < -0.4 is 0 Å². The van der Waals surface area contributed by atoms with Gasteiger partial charge >= 0.3 is 5.97 Å². The molecule has 3 saturated heterocycles. The van der Waals surface area contributed by atoms with Crippen LogP contribution in [0.3, 0.4) is 0 Å². The minimum absolute atomic E-state index is 0.0141. The van der Waals surface area contributed by atoms with E-state index in [-0.39, 0.29) is 34.9 Å². The maximum absolute atomic E-state index is 13.2. The average molecular weight is 516 g/mol. The van der Waals surface area contributed by atoms with Crippen LogP contribution in [-0.4, -0.2) is 53.9 Å². The summed E-state index contributed by atoms with van der Waals surface area (Å²) in [6, 6.07) is 20.3. The summed E-state index contributed by atoms with van der Waals surface area (Å²) < 4.78 is 12.2. The number of ether oxygens (including phenoxy) is 2. The fourth-order valence-corrected chi connectivity index (χ4v) is 9.00. The number of rotatable bonds is 5. The van der Waals surface area contributed by atoms with Crippen LogP contribution in [0, 0.1) is 29.1 Å². The standard InChI is InChI=1S/C33H41NO4/c1-31-15-8-16-32(22-37-32)29(31)19-26-27(30(35)38-28(26)20-31)21-34-17-13-25(14-18-34)33(36,23-9-4-2-5-10-23)24-11-6-3-7-12-24/h2-7,9-12,25-29,36H,8,13-22H2,1H3/t26-,27+,28-,29+,31-,32+/m1/s1. The third kappa shape index (κ3) is 3.96. The van der Waals surface area contributed by atoms with Gasteiger partial charge in [-0.3, -0.25) is 4.79 Å². The summed E-state index contributed by atoms with van der Waals surface area (Å²) in [7, 11) is 0. The first-order valence-electron chi connectivity index (χ1n) is 14.8. The number of piperidine rings is 1. The van der Waals surface area contributed by atoms with E-state index >= 15 is 0 Å². The number of esters is 1. The average Bonchev–Trinajstić information content (AvgIpc) is 3.65. The lowest BCUT2D eigenvalue weighted by Crippen LogP contribution is -2.51. The van der Waals surface area contributed by atoms with Crippen LogP contribution in [0.5, 0.6) is 0 Å². The third-order valence-electron chi connectivity index (χ3n) is 11.1. The van der Waals surface area contributed by atoms with Gasteiger partial charge in [-0.2, -0.15) is 0 Å². The molecular formula is C33H41NO4. The summed E-state index contributed by atoms with van der Waals surface area (Å²) in [6.45, 7) is 5.88. The lowest BCUT2D eigenvalue weighted by molar-refractivity contribution is -0.147. The fourth-order valence-electron chi connectivity index (χ4n) is 9.00. The van der Waals surface area contributed by atoms with Crippen molar-refractivity contribution >= 4 is 5.97 Å². The van der Waals surface area contributed by atoms with E-state index in [1.165, 1.54) is 19.3 Å². The molecule has 6 atom stereocenters. The Morgan fingerprint density at radius 2 is 1.63 bits per heavy atom. The van der Waals surface area contributed by atoms with Crippen LogP contribution in [-0.2, 0) is 19.9 Å². The number of hydrogen-bond acceptors (Lipinski definition) is 5. The van der Waals surface area contributed by atoms with Crippen molar-refractivity contribution in [1.82, 2.24) is 4.90 Å². The molecule has 5 fully saturated rings. The van der Waals surface area contributed by atoms with E-state index < -0.39 is 5.60 Å². The molecule has 2 aliphatic carbocycles. The Labute approximate surface area is 226 Å². The monoisotopic (exact) mass is 515 g/mol. The van der Waals surface area contributed by atoms with Gasteiger partial charge in [-0.15, -0.1) is 0 Å². The van der Waals surface area contributed by atoms with Crippen molar-refractivity contribution < 1.29 is 19.4 Å². The summed E-state index contributed by atoms with van der Waals surface area (Å²) in [6.07, 6.45) is 7.57. The molecule has 38 heavy (non-hydrogen) atoms. The van der Waals surface area contributed by atoms with Gasteiger partial charge < -0.3 is 19.5 Å². The van der Waals surface area contributed by atoms with Gasteiger partial charge in [-0.1, -0.05) is 67.6 Å². The van der Waals surface area contributed by atoms with Crippen LogP contribution >= 0.6 is 0 Å².